The molecule has 92 valence electrons. The summed E-state index contributed by atoms with van der Waals surface area (Å²) in [6, 6.07) is 3.36. The molecule has 5 heteroatoms. The first-order valence-corrected chi connectivity index (χ1v) is 5.70. The summed E-state index contributed by atoms with van der Waals surface area (Å²) in [4.78, 5) is 26.8. The third kappa shape index (κ3) is 4.15. The third-order valence-electron chi connectivity index (χ3n) is 2.29. The van der Waals surface area contributed by atoms with Gasteiger partial charge in [-0.1, -0.05) is 17.7 Å². The maximum atomic E-state index is 11.6. The molecule has 4 nitrogen and oxygen atoms in total. The van der Waals surface area contributed by atoms with Crippen LogP contribution in [0.1, 0.15) is 19.4 Å². The molecule has 0 radical (unpaired) electrons. The number of aromatic nitrogens is 1. The van der Waals surface area contributed by atoms with Crippen molar-refractivity contribution in [1.29, 1.82) is 0 Å². The number of hydrogen-bond donors (Lipinski definition) is 0. The second-order valence-corrected chi connectivity index (χ2v) is 4.00. The Labute approximate surface area is 105 Å². The molecule has 0 unspecified atom stereocenters. The highest BCUT2D eigenvalue weighted by molar-refractivity contribution is 6.29. The Morgan fingerprint density at radius 1 is 1.47 bits per heavy atom. The third-order valence-corrected chi connectivity index (χ3v) is 2.51. The number of nitrogens with zero attached hydrogens (tertiary/aromatic N) is 1. The van der Waals surface area contributed by atoms with Crippen LogP contribution in [0.25, 0.3) is 0 Å². The van der Waals surface area contributed by atoms with Gasteiger partial charge in [0.05, 0.1) is 6.61 Å². The van der Waals surface area contributed by atoms with E-state index in [4.69, 9.17) is 16.3 Å². The summed E-state index contributed by atoms with van der Waals surface area (Å²) in [6.45, 7) is 3.35. The van der Waals surface area contributed by atoms with Crippen LogP contribution >= 0.6 is 11.6 Å². The van der Waals surface area contributed by atoms with Gasteiger partial charge in [-0.05, 0) is 31.9 Å². The zero-order valence-corrected chi connectivity index (χ0v) is 10.5. The summed E-state index contributed by atoms with van der Waals surface area (Å²) in [5.41, 5.74) is 0.780. The second-order valence-electron chi connectivity index (χ2n) is 3.61. The molecule has 0 amide bonds. The van der Waals surface area contributed by atoms with Gasteiger partial charge in [0.25, 0.3) is 0 Å². The Bertz CT molecular complexity index is 403. The van der Waals surface area contributed by atoms with Crippen molar-refractivity contribution in [1.82, 2.24) is 4.98 Å². The molecule has 0 spiro atoms. The van der Waals surface area contributed by atoms with Crippen LogP contribution in [0.3, 0.4) is 0 Å². The quantitative estimate of drug-likeness (QED) is 0.459. The standard InChI is InChI=1S/C12H14ClNO3/c1-3-17-12(16)10(8(2)15)6-9-4-5-11(13)14-7-9/h4-5,7,10H,3,6H2,1-2H3/t10-/m0/s1. The zero-order chi connectivity index (χ0) is 12.8. The lowest BCUT2D eigenvalue weighted by atomic mass is 9.97. The van der Waals surface area contributed by atoms with E-state index < -0.39 is 11.9 Å². The van der Waals surface area contributed by atoms with Crippen LogP contribution in [0.15, 0.2) is 18.3 Å². The summed E-state index contributed by atoms with van der Waals surface area (Å²) in [6.07, 6.45) is 1.84. The van der Waals surface area contributed by atoms with Crippen LogP contribution in [-0.2, 0) is 20.7 Å². The van der Waals surface area contributed by atoms with Crippen molar-refractivity contribution in [3.63, 3.8) is 0 Å². The van der Waals surface area contributed by atoms with E-state index in [1.807, 2.05) is 0 Å². The normalized spacial score (nSPS) is 11.9. The van der Waals surface area contributed by atoms with Gasteiger partial charge in [0, 0.05) is 6.20 Å². The Morgan fingerprint density at radius 3 is 2.65 bits per heavy atom. The van der Waals surface area contributed by atoms with E-state index in [1.54, 1.807) is 25.3 Å². The summed E-state index contributed by atoms with van der Waals surface area (Å²) in [7, 11) is 0. The second kappa shape index (κ2) is 6.35. The number of ketones is 1. The first-order chi connectivity index (χ1) is 8.04. The van der Waals surface area contributed by atoms with Crippen LogP contribution in [0, 0.1) is 5.92 Å². The maximum absolute atomic E-state index is 11.6. The summed E-state index contributed by atoms with van der Waals surface area (Å²) < 4.78 is 4.86. The van der Waals surface area contributed by atoms with Crippen molar-refractivity contribution in [3.05, 3.63) is 29.0 Å². The fourth-order valence-electron chi connectivity index (χ4n) is 1.40. The highest BCUT2D eigenvalue weighted by atomic mass is 35.5. The van der Waals surface area contributed by atoms with Crippen molar-refractivity contribution in [2.45, 2.75) is 20.3 Å². The molecular weight excluding hydrogens is 242 g/mol. The number of hydrogen-bond acceptors (Lipinski definition) is 4. The molecule has 1 rings (SSSR count). The monoisotopic (exact) mass is 255 g/mol. The molecule has 0 aliphatic heterocycles. The minimum Gasteiger partial charge on any atom is -0.465 e. The van der Waals surface area contributed by atoms with E-state index >= 15 is 0 Å². The van der Waals surface area contributed by atoms with E-state index in [2.05, 4.69) is 4.98 Å². The van der Waals surface area contributed by atoms with Gasteiger partial charge < -0.3 is 4.74 Å². The number of halogens is 1. The molecule has 17 heavy (non-hydrogen) atoms. The lowest BCUT2D eigenvalue weighted by Crippen LogP contribution is -2.26. The number of carbonyl (C=O) groups excluding carboxylic acids is 2. The van der Waals surface area contributed by atoms with E-state index in [9.17, 15) is 9.59 Å². The molecule has 1 aromatic rings. The Morgan fingerprint density at radius 2 is 2.18 bits per heavy atom. The van der Waals surface area contributed by atoms with Crippen LogP contribution in [0.5, 0.6) is 0 Å². The van der Waals surface area contributed by atoms with Gasteiger partial charge in [-0.15, -0.1) is 0 Å². The predicted molar refractivity (Wildman–Crippen MR) is 63.8 cm³/mol. The lowest BCUT2D eigenvalue weighted by Gasteiger charge is -2.12. The SMILES string of the molecule is CCOC(=O)[C@@H](Cc1ccc(Cl)nc1)C(C)=O. The number of carbonyl (C=O) groups is 2. The zero-order valence-electron chi connectivity index (χ0n) is 9.77. The van der Waals surface area contributed by atoms with Crippen molar-refractivity contribution < 1.29 is 14.3 Å². The molecule has 0 N–H and O–H groups in total. The topological polar surface area (TPSA) is 56.3 Å². The first kappa shape index (κ1) is 13.6. The molecule has 0 bridgehead atoms. The van der Waals surface area contributed by atoms with Crippen LogP contribution in [0.4, 0.5) is 0 Å². The minimum absolute atomic E-state index is 0.210. The van der Waals surface area contributed by atoms with Gasteiger partial charge in [-0.3, -0.25) is 9.59 Å². The van der Waals surface area contributed by atoms with E-state index in [1.165, 1.54) is 6.92 Å². The number of esters is 1. The van der Waals surface area contributed by atoms with Gasteiger partial charge in [0.1, 0.15) is 16.9 Å². The average molecular weight is 256 g/mol. The molecule has 0 aromatic carbocycles. The molecule has 1 atom stereocenters. The highest BCUT2D eigenvalue weighted by Gasteiger charge is 2.24. The molecule has 0 aliphatic carbocycles. The van der Waals surface area contributed by atoms with Crippen molar-refractivity contribution in [2.75, 3.05) is 6.61 Å². The number of rotatable bonds is 5. The molecule has 0 saturated carbocycles. The van der Waals surface area contributed by atoms with Gasteiger partial charge in [-0.2, -0.15) is 0 Å². The summed E-state index contributed by atoms with van der Waals surface area (Å²) in [5.74, 6) is -1.47. The van der Waals surface area contributed by atoms with Crippen molar-refractivity contribution in [2.24, 2.45) is 5.92 Å². The fourth-order valence-corrected chi connectivity index (χ4v) is 1.51. The Hall–Kier alpha value is -1.42. The molecule has 0 fully saturated rings. The molecule has 0 saturated heterocycles. The Kier molecular flexibility index (Phi) is 5.10. The van der Waals surface area contributed by atoms with Crippen LogP contribution < -0.4 is 0 Å². The maximum Gasteiger partial charge on any atom is 0.316 e. The predicted octanol–water partition coefficient (Wildman–Crippen LogP) is 2.05. The number of pyridine rings is 1. The molecule has 1 heterocycles. The van der Waals surface area contributed by atoms with Crippen molar-refractivity contribution >= 4 is 23.4 Å². The van der Waals surface area contributed by atoms with E-state index in [-0.39, 0.29) is 12.4 Å². The van der Waals surface area contributed by atoms with E-state index in [0.29, 0.717) is 11.6 Å². The Balaban J connectivity index is 2.76. The molecule has 0 aliphatic rings. The number of Topliss-reactive ketones (excluding diaryl/α,β-unsaturated/α-hetero) is 1. The van der Waals surface area contributed by atoms with Gasteiger partial charge in [-0.25, -0.2) is 4.98 Å². The van der Waals surface area contributed by atoms with Gasteiger partial charge in [0.15, 0.2) is 0 Å². The van der Waals surface area contributed by atoms with Gasteiger partial charge in [0.2, 0.25) is 0 Å². The number of ether oxygens (including phenoxy) is 1. The lowest BCUT2D eigenvalue weighted by molar-refractivity contribution is -0.151. The fraction of sp³-hybridized carbons (Fsp3) is 0.417. The smallest absolute Gasteiger partial charge is 0.316 e. The largest absolute Gasteiger partial charge is 0.465 e. The summed E-state index contributed by atoms with van der Waals surface area (Å²) >= 11 is 5.65. The van der Waals surface area contributed by atoms with Crippen LogP contribution in [0.2, 0.25) is 5.15 Å². The van der Waals surface area contributed by atoms with Gasteiger partial charge >= 0.3 is 5.97 Å². The van der Waals surface area contributed by atoms with Crippen molar-refractivity contribution in [3.8, 4) is 0 Å². The van der Waals surface area contributed by atoms with E-state index in [0.717, 1.165) is 5.56 Å². The average Bonchev–Trinajstić information content (AvgIpc) is 2.28. The minimum atomic E-state index is -0.766. The first-order valence-electron chi connectivity index (χ1n) is 5.32. The molecular formula is C12H14ClNO3. The summed E-state index contributed by atoms with van der Waals surface area (Å²) in [5, 5.41) is 0.379. The highest BCUT2D eigenvalue weighted by Crippen LogP contribution is 2.13. The van der Waals surface area contributed by atoms with Crippen LogP contribution in [-0.4, -0.2) is 23.3 Å². The molecule has 1 aromatic heterocycles.